The van der Waals surface area contributed by atoms with E-state index in [9.17, 15) is 19.5 Å². The monoisotopic (exact) mass is 388 g/mol. The number of hydrogen-bond acceptors (Lipinski definition) is 4. The zero-order valence-electron chi connectivity index (χ0n) is 15.1. The molecule has 1 aromatic heterocycles. The average molecular weight is 388 g/mol. The summed E-state index contributed by atoms with van der Waals surface area (Å²) in [6.07, 6.45) is 8.77. The third kappa shape index (κ3) is 3.40. The first-order valence-corrected chi connectivity index (χ1v) is 10.5. The van der Waals surface area contributed by atoms with Crippen LogP contribution in [0.25, 0.3) is 0 Å². The maximum atomic E-state index is 13.0. The van der Waals surface area contributed by atoms with Gasteiger partial charge in [-0.3, -0.25) is 14.4 Å². The Kier molecular flexibility index (Phi) is 5.04. The fourth-order valence-electron chi connectivity index (χ4n) is 4.73. The highest BCUT2D eigenvalue weighted by atomic mass is 32.1. The Hall–Kier alpha value is -2.15. The molecule has 0 aromatic carbocycles. The molecule has 2 heterocycles. The number of carbonyl (C=O) groups is 3. The summed E-state index contributed by atoms with van der Waals surface area (Å²) in [7, 11) is 0. The molecule has 4 aliphatic rings. The van der Waals surface area contributed by atoms with Gasteiger partial charge in [0.05, 0.1) is 17.4 Å². The largest absolute Gasteiger partial charge is 0.481 e. The maximum absolute atomic E-state index is 13.0. The summed E-state index contributed by atoms with van der Waals surface area (Å²) in [4.78, 5) is 39.4. The Balaban J connectivity index is 1.52. The molecular weight excluding hydrogens is 364 g/mol. The fraction of sp³-hybridized carbons (Fsp3) is 0.550. The predicted octanol–water partition coefficient (Wildman–Crippen LogP) is 3.23. The second-order valence-corrected chi connectivity index (χ2v) is 8.60. The highest BCUT2D eigenvalue weighted by molar-refractivity contribution is 7.14. The van der Waals surface area contributed by atoms with E-state index in [1.165, 1.54) is 11.3 Å². The Morgan fingerprint density at radius 3 is 2.33 bits per heavy atom. The molecule has 2 amide bonds. The predicted molar refractivity (Wildman–Crippen MR) is 103 cm³/mol. The molecule has 7 heteroatoms. The molecule has 0 radical (unpaired) electrons. The van der Waals surface area contributed by atoms with E-state index in [4.69, 9.17) is 0 Å². The van der Waals surface area contributed by atoms with Crippen LogP contribution in [0.4, 0.5) is 5.00 Å². The van der Waals surface area contributed by atoms with Crippen LogP contribution in [0.1, 0.15) is 42.5 Å². The second-order valence-electron chi connectivity index (χ2n) is 7.69. The molecule has 1 saturated heterocycles. The minimum absolute atomic E-state index is 0.0442. The van der Waals surface area contributed by atoms with E-state index in [2.05, 4.69) is 5.32 Å². The van der Waals surface area contributed by atoms with Gasteiger partial charge in [0.2, 0.25) is 5.91 Å². The summed E-state index contributed by atoms with van der Waals surface area (Å²) in [5.74, 6) is -2.63. The van der Waals surface area contributed by atoms with Crippen LogP contribution < -0.4 is 5.32 Å². The smallest absolute Gasteiger partial charge is 0.307 e. The van der Waals surface area contributed by atoms with E-state index in [1.54, 1.807) is 11.4 Å². The lowest BCUT2D eigenvalue weighted by Gasteiger charge is -2.41. The minimum Gasteiger partial charge on any atom is -0.481 e. The Morgan fingerprint density at radius 1 is 1.04 bits per heavy atom. The lowest BCUT2D eigenvalue weighted by atomic mass is 9.62. The van der Waals surface area contributed by atoms with Gasteiger partial charge >= 0.3 is 5.97 Å². The van der Waals surface area contributed by atoms with E-state index in [1.807, 2.05) is 17.1 Å². The number of carboxylic acids is 1. The SMILES string of the molecule is O=C(O)[C@H]1[C@H](C(=O)Nc2sccc2C(=O)N2CCCCC2)[C@H]2C=C[C@H]1CC2. The summed E-state index contributed by atoms with van der Waals surface area (Å²) in [6.45, 7) is 1.50. The van der Waals surface area contributed by atoms with Crippen molar-refractivity contribution in [2.45, 2.75) is 32.1 Å². The van der Waals surface area contributed by atoms with Crippen molar-refractivity contribution in [1.82, 2.24) is 4.90 Å². The Bertz CT molecular complexity index is 781. The molecule has 1 aliphatic heterocycles. The molecule has 1 saturated carbocycles. The molecule has 144 valence electrons. The van der Waals surface area contributed by atoms with Gasteiger partial charge in [-0.1, -0.05) is 12.2 Å². The van der Waals surface area contributed by atoms with Gasteiger partial charge in [-0.25, -0.2) is 0 Å². The van der Waals surface area contributed by atoms with E-state index in [0.717, 1.165) is 45.2 Å². The summed E-state index contributed by atoms with van der Waals surface area (Å²) >= 11 is 1.32. The summed E-state index contributed by atoms with van der Waals surface area (Å²) in [5.41, 5.74) is 0.513. The molecule has 2 fully saturated rings. The van der Waals surface area contributed by atoms with Gasteiger partial charge in [0.25, 0.3) is 5.91 Å². The molecule has 0 spiro atoms. The first-order valence-electron chi connectivity index (χ1n) is 9.65. The van der Waals surface area contributed by atoms with Gasteiger partial charge in [0.15, 0.2) is 0 Å². The van der Waals surface area contributed by atoms with Crippen LogP contribution >= 0.6 is 11.3 Å². The molecule has 6 nitrogen and oxygen atoms in total. The van der Waals surface area contributed by atoms with Crippen LogP contribution in [-0.2, 0) is 9.59 Å². The van der Waals surface area contributed by atoms with E-state index < -0.39 is 17.8 Å². The summed E-state index contributed by atoms with van der Waals surface area (Å²) < 4.78 is 0. The lowest BCUT2D eigenvalue weighted by molar-refractivity contribution is -0.151. The third-order valence-corrected chi connectivity index (χ3v) is 6.94. The lowest BCUT2D eigenvalue weighted by Crippen LogP contribution is -2.47. The number of anilines is 1. The number of likely N-dealkylation sites (tertiary alicyclic amines) is 1. The van der Waals surface area contributed by atoms with Gasteiger partial charge < -0.3 is 15.3 Å². The molecule has 0 unspecified atom stereocenters. The number of fused-ring (bicyclic) bond motifs is 2. The molecule has 3 aliphatic carbocycles. The highest BCUT2D eigenvalue weighted by Gasteiger charge is 2.48. The highest BCUT2D eigenvalue weighted by Crippen LogP contribution is 2.45. The number of thiophene rings is 1. The van der Waals surface area contributed by atoms with Crippen LogP contribution in [0.15, 0.2) is 23.6 Å². The van der Waals surface area contributed by atoms with Crippen LogP contribution in [0, 0.1) is 23.7 Å². The molecule has 4 atom stereocenters. The topological polar surface area (TPSA) is 86.7 Å². The normalized spacial score (nSPS) is 29.6. The number of hydrogen-bond donors (Lipinski definition) is 2. The van der Waals surface area contributed by atoms with Crippen LogP contribution in [0.2, 0.25) is 0 Å². The van der Waals surface area contributed by atoms with Crippen molar-refractivity contribution in [3.63, 3.8) is 0 Å². The Morgan fingerprint density at radius 2 is 1.70 bits per heavy atom. The first-order chi connectivity index (χ1) is 13.1. The Labute approximate surface area is 162 Å². The van der Waals surface area contributed by atoms with Crippen LogP contribution in [0.5, 0.6) is 0 Å². The average Bonchev–Trinajstić information content (AvgIpc) is 3.16. The van der Waals surface area contributed by atoms with Crippen LogP contribution in [0.3, 0.4) is 0 Å². The first kappa shape index (κ1) is 18.2. The van der Waals surface area contributed by atoms with Gasteiger partial charge in [-0.2, -0.15) is 0 Å². The van der Waals surface area contributed by atoms with E-state index in [-0.39, 0.29) is 23.7 Å². The number of amides is 2. The molecule has 2 bridgehead atoms. The second kappa shape index (κ2) is 7.46. The zero-order valence-corrected chi connectivity index (χ0v) is 15.9. The molecule has 2 N–H and O–H groups in total. The molecule has 27 heavy (non-hydrogen) atoms. The quantitative estimate of drug-likeness (QED) is 0.776. The van der Waals surface area contributed by atoms with E-state index >= 15 is 0 Å². The van der Waals surface area contributed by atoms with Crippen molar-refractivity contribution in [3.8, 4) is 0 Å². The number of nitrogens with zero attached hydrogens (tertiary/aromatic N) is 1. The van der Waals surface area contributed by atoms with Gasteiger partial charge in [-0.05, 0) is 55.4 Å². The van der Waals surface area contributed by atoms with Crippen LogP contribution in [-0.4, -0.2) is 40.9 Å². The molecular formula is C20H24N2O4S. The molecule has 5 rings (SSSR count). The standard InChI is InChI=1S/C20H24N2O4S/c23-17(15-12-4-6-13(7-5-12)16(15)20(25)26)21-18-14(8-11-27-18)19(24)22-9-2-1-3-10-22/h4,6,8,11-13,15-16H,1-3,5,7,9-10H2,(H,21,23)(H,25,26)/t12-,13-,15+,16+/m0/s1. The number of carboxylic acid groups (broad SMARTS) is 1. The number of piperidine rings is 1. The number of rotatable bonds is 4. The van der Waals surface area contributed by atoms with Crippen molar-refractivity contribution in [2.75, 3.05) is 18.4 Å². The van der Waals surface area contributed by atoms with Crippen molar-refractivity contribution >= 4 is 34.1 Å². The molecule has 1 aromatic rings. The van der Waals surface area contributed by atoms with Crippen molar-refractivity contribution in [1.29, 1.82) is 0 Å². The van der Waals surface area contributed by atoms with Crippen molar-refractivity contribution < 1.29 is 19.5 Å². The zero-order chi connectivity index (χ0) is 19.0. The van der Waals surface area contributed by atoms with Crippen molar-refractivity contribution in [3.05, 3.63) is 29.2 Å². The van der Waals surface area contributed by atoms with Crippen molar-refractivity contribution in [2.24, 2.45) is 23.7 Å². The number of aliphatic carboxylic acids is 1. The van der Waals surface area contributed by atoms with E-state index in [0.29, 0.717) is 10.6 Å². The third-order valence-electron chi connectivity index (χ3n) is 6.11. The summed E-state index contributed by atoms with van der Waals surface area (Å²) in [6, 6.07) is 1.75. The van der Waals surface area contributed by atoms with Gasteiger partial charge in [-0.15, -0.1) is 11.3 Å². The minimum atomic E-state index is -0.912. The summed E-state index contributed by atoms with van der Waals surface area (Å²) in [5, 5.41) is 14.9. The number of nitrogens with one attached hydrogen (secondary N) is 1. The van der Waals surface area contributed by atoms with Gasteiger partial charge in [0, 0.05) is 13.1 Å². The maximum Gasteiger partial charge on any atom is 0.307 e. The van der Waals surface area contributed by atoms with Gasteiger partial charge in [0.1, 0.15) is 5.00 Å². The number of allylic oxidation sites excluding steroid dienone is 2. The fourth-order valence-corrected chi connectivity index (χ4v) is 5.51. The number of carbonyl (C=O) groups excluding carboxylic acids is 2.